The van der Waals surface area contributed by atoms with Crippen LogP contribution in [-0.4, -0.2) is 60.7 Å². The van der Waals surface area contributed by atoms with Gasteiger partial charge in [0.2, 0.25) is 5.91 Å². The van der Waals surface area contributed by atoms with Gasteiger partial charge in [-0.1, -0.05) is 18.2 Å². The summed E-state index contributed by atoms with van der Waals surface area (Å²) in [5, 5.41) is 0. The van der Waals surface area contributed by atoms with E-state index in [4.69, 9.17) is 4.74 Å². The molecule has 0 saturated carbocycles. The second-order valence-corrected chi connectivity index (χ2v) is 6.59. The predicted octanol–water partition coefficient (Wildman–Crippen LogP) is 3.25. The highest BCUT2D eigenvalue weighted by Gasteiger charge is 2.47. The third-order valence-corrected chi connectivity index (χ3v) is 4.68. The molecule has 4 nitrogen and oxygen atoms in total. The van der Waals surface area contributed by atoms with Crippen LogP contribution in [0.5, 0.6) is 5.75 Å². The Hall–Kier alpha value is -1.76. The highest BCUT2D eigenvalue weighted by atomic mass is 19.4. The lowest BCUT2D eigenvalue weighted by atomic mass is 10.1. The zero-order chi connectivity index (χ0) is 18.6. The molecule has 0 spiro atoms. The van der Waals surface area contributed by atoms with Crippen molar-refractivity contribution >= 4 is 5.91 Å². The first kappa shape index (κ1) is 19.6. The number of piperazine rings is 1. The number of para-hydroxylation sites is 1. The van der Waals surface area contributed by atoms with Crippen molar-refractivity contribution in [2.45, 2.75) is 44.9 Å². The third-order valence-electron chi connectivity index (χ3n) is 4.68. The first-order chi connectivity index (χ1) is 11.7. The topological polar surface area (TPSA) is 32.8 Å². The van der Waals surface area contributed by atoms with Gasteiger partial charge >= 0.3 is 6.18 Å². The predicted molar refractivity (Wildman–Crippen MR) is 89.6 cm³/mol. The number of aryl methyl sites for hydroxylation is 1. The monoisotopic (exact) mass is 358 g/mol. The molecule has 2 unspecified atom stereocenters. The van der Waals surface area contributed by atoms with Crippen LogP contribution in [0.1, 0.15) is 25.3 Å². The molecular weight excluding hydrogens is 333 g/mol. The number of ether oxygens (including phenoxy) is 1. The fourth-order valence-corrected chi connectivity index (χ4v) is 2.99. The summed E-state index contributed by atoms with van der Waals surface area (Å²) >= 11 is 0. The molecule has 0 aliphatic carbocycles. The van der Waals surface area contributed by atoms with Crippen LogP contribution in [0.15, 0.2) is 24.3 Å². The van der Waals surface area contributed by atoms with Gasteiger partial charge in [-0.2, -0.15) is 13.2 Å². The Bertz CT molecular complexity index is 592. The molecule has 1 aliphatic heterocycles. The summed E-state index contributed by atoms with van der Waals surface area (Å²) in [5.41, 5.74) is 1.01. The Kier molecular flexibility index (Phi) is 6.32. The third kappa shape index (κ3) is 5.11. The molecule has 0 aromatic heterocycles. The van der Waals surface area contributed by atoms with E-state index in [1.807, 2.05) is 31.2 Å². The minimum absolute atomic E-state index is 0.187. The number of likely N-dealkylation sites (N-methyl/N-ethyl adjacent to an activating group) is 1. The average Bonchev–Trinajstić information content (AvgIpc) is 2.54. The molecule has 25 heavy (non-hydrogen) atoms. The molecule has 1 aromatic rings. The fraction of sp³-hybridized carbons (Fsp3) is 0.611. The van der Waals surface area contributed by atoms with Gasteiger partial charge in [-0.05, 0) is 38.9 Å². The SMILES string of the molecule is Cc1ccccc1OCCCC(=O)N1CC(C)N(C)C(C(F)(F)F)C1. The zero-order valence-electron chi connectivity index (χ0n) is 14.8. The largest absolute Gasteiger partial charge is 0.493 e. The van der Waals surface area contributed by atoms with Gasteiger partial charge in [-0.25, -0.2) is 0 Å². The van der Waals surface area contributed by atoms with Crippen LogP contribution in [0.2, 0.25) is 0 Å². The number of carbonyl (C=O) groups excluding carboxylic acids is 1. The van der Waals surface area contributed by atoms with Crippen molar-refractivity contribution in [3.8, 4) is 5.75 Å². The number of benzene rings is 1. The molecule has 7 heteroatoms. The highest BCUT2D eigenvalue weighted by molar-refractivity contribution is 5.76. The van der Waals surface area contributed by atoms with Crippen LogP contribution in [0.25, 0.3) is 0 Å². The van der Waals surface area contributed by atoms with Crippen LogP contribution in [0, 0.1) is 6.92 Å². The average molecular weight is 358 g/mol. The molecule has 0 bridgehead atoms. The summed E-state index contributed by atoms with van der Waals surface area (Å²) in [7, 11) is 1.46. The molecular formula is C18H25F3N2O2. The van der Waals surface area contributed by atoms with E-state index >= 15 is 0 Å². The standard InChI is InChI=1S/C18H25F3N2O2/c1-13-7-4-5-8-15(13)25-10-6-9-17(24)23-11-14(2)22(3)16(12-23)18(19,20)21/h4-5,7-8,14,16H,6,9-12H2,1-3H3. The number of amides is 1. The summed E-state index contributed by atoms with van der Waals surface area (Å²) in [6.07, 6.45) is -3.67. The zero-order valence-corrected chi connectivity index (χ0v) is 14.8. The fourth-order valence-electron chi connectivity index (χ4n) is 2.99. The Balaban J connectivity index is 1.83. The van der Waals surface area contributed by atoms with Gasteiger partial charge < -0.3 is 9.64 Å². The number of hydrogen-bond acceptors (Lipinski definition) is 3. The van der Waals surface area contributed by atoms with Gasteiger partial charge in [0.05, 0.1) is 6.61 Å². The molecule has 1 aromatic carbocycles. The van der Waals surface area contributed by atoms with E-state index in [0.29, 0.717) is 19.6 Å². The lowest BCUT2D eigenvalue weighted by Crippen LogP contribution is -2.62. The lowest BCUT2D eigenvalue weighted by Gasteiger charge is -2.44. The first-order valence-corrected chi connectivity index (χ1v) is 8.45. The maximum Gasteiger partial charge on any atom is 0.405 e. The minimum atomic E-state index is -4.34. The van der Waals surface area contributed by atoms with Crippen molar-refractivity contribution in [3.63, 3.8) is 0 Å². The van der Waals surface area contributed by atoms with Gasteiger partial charge in [0.15, 0.2) is 0 Å². The summed E-state index contributed by atoms with van der Waals surface area (Å²) in [4.78, 5) is 14.9. The molecule has 2 atom stereocenters. The second-order valence-electron chi connectivity index (χ2n) is 6.59. The number of rotatable bonds is 5. The van der Waals surface area contributed by atoms with E-state index in [9.17, 15) is 18.0 Å². The Morgan fingerprint density at radius 2 is 1.96 bits per heavy atom. The van der Waals surface area contributed by atoms with Gasteiger partial charge in [0.1, 0.15) is 11.8 Å². The van der Waals surface area contributed by atoms with Crippen LogP contribution >= 0.6 is 0 Å². The minimum Gasteiger partial charge on any atom is -0.493 e. The van der Waals surface area contributed by atoms with Crippen molar-refractivity contribution in [3.05, 3.63) is 29.8 Å². The quantitative estimate of drug-likeness (QED) is 0.758. The van der Waals surface area contributed by atoms with E-state index in [-0.39, 0.29) is 24.9 Å². The molecule has 1 heterocycles. The van der Waals surface area contributed by atoms with Crippen LogP contribution in [0.3, 0.4) is 0 Å². The number of halogens is 3. The van der Waals surface area contributed by atoms with E-state index in [2.05, 4.69) is 0 Å². The molecule has 1 amide bonds. The molecule has 1 saturated heterocycles. The molecule has 1 aliphatic rings. The highest BCUT2D eigenvalue weighted by Crippen LogP contribution is 2.29. The number of hydrogen-bond donors (Lipinski definition) is 0. The number of alkyl halides is 3. The van der Waals surface area contributed by atoms with Gasteiger partial charge in [0.25, 0.3) is 0 Å². The normalized spacial score (nSPS) is 22.1. The first-order valence-electron chi connectivity index (χ1n) is 8.45. The Labute approximate surface area is 146 Å². The molecule has 1 fully saturated rings. The molecule has 0 radical (unpaired) electrons. The Morgan fingerprint density at radius 3 is 2.60 bits per heavy atom. The van der Waals surface area contributed by atoms with Crippen molar-refractivity contribution in [1.29, 1.82) is 0 Å². The van der Waals surface area contributed by atoms with Gasteiger partial charge in [-0.3, -0.25) is 9.69 Å². The summed E-state index contributed by atoms with van der Waals surface area (Å²) < 4.78 is 45.0. The smallest absolute Gasteiger partial charge is 0.405 e. The van der Waals surface area contributed by atoms with Crippen molar-refractivity contribution in [2.24, 2.45) is 0 Å². The van der Waals surface area contributed by atoms with Crippen molar-refractivity contribution < 1.29 is 22.7 Å². The van der Waals surface area contributed by atoms with Crippen LogP contribution < -0.4 is 4.74 Å². The molecule has 140 valence electrons. The number of carbonyl (C=O) groups is 1. The summed E-state index contributed by atoms with van der Waals surface area (Å²) in [6, 6.07) is 5.64. The van der Waals surface area contributed by atoms with Crippen LogP contribution in [0.4, 0.5) is 13.2 Å². The van der Waals surface area contributed by atoms with Crippen molar-refractivity contribution in [1.82, 2.24) is 9.80 Å². The van der Waals surface area contributed by atoms with Crippen LogP contribution in [-0.2, 0) is 4.79 Å². The van der Waals surface area contributed by atoms with E-state index in [1.165, 1.54) is 16.8 Å². The van der Waals surface area contributed by atoms with E-state index < -0.39 is 12.2 Å². The summed E-state index contributed by atoms with van der Waals surface area (Å²) in [6.45, 7) is 4.02. The summed E-state index contributed by atoms with van der Waals surface area (Å²) in [5.74, 6) is 0.517. The van der Waals surface area contributed by atoms with Gasteiger partial charge in [-0.15, -0.1) is 0 Å². The number of nitrogens with zero attached hydrogens (tertiary/aromatic N) is 2. The van der Waals surface area contributed by atoms with Crippen molar-refractivity contribution in [2.75, 3.05) is 26.7 Å². The Morgan fingerprint density at radius 1 is 1.28 bits per heavy atom. The van der Waals surface area contributed by atoms with E-state index in [1.54, 1.807) is 6.92 Å². The van der Waals surface area contributed by atoms with E-state index in [0.717, 1.165) is 11.3 Å². The van der Waals surface area contributed by atoms with Gasteiger partial charge in [0, 0.05) is 25.6 Å². The maximum atomic E-state index is 13.1. The lowest BCUT2D eigenvalue weighted by molar-refractivity contribution is -0.201. The molecule has 0 N–H and O–H groups in total. The second kappa shape index (κ2) is 8.08. The molecule has 2 rings (SSSR count). The maximum absolute atomic E-state index is 13.1.